The molecule has 1 aromatic carbocycles. The summed E-state index contributed by atoms with van der Waals surface area (Å²) in [7, 11) is 0. The number of aryl methyl sites for hydroxylation is 1. The van der Waals surface area contributed by atoms with Crippen molar-refractivity contribution >= 4 is 23.5 Å². The lowest BCUT2D eigenvalue weighted by atomic mass is 10.2. The lowest BCUT2D eigenvalue weighted by Gasteiger charge is -2.03. The summed E-state index contributed by atoms with van der Waals surface area (Å²) in [5, 5.41) is 8.61. The average molecular weight is 249 g/mol. The largest absolute Gasteiger partial charge is 0.277 e. The van der Waals surface area contributed by atoms with Gasteiger partial charge in [0.1, 0.15) is 5.52 Å². The molecule has 0 spiro atoms. The molecular weight excluding hydrogens is 234 g/mol. The van der Waals surface area contributed by atoms with E-state index in [1.165, 1.54) is 4.68 Å². The summed E-state index contributed by atoms with van der Waals surface area (Å²) in [6.45, 7) is 0.629. The fourth-order valence-electron chi connectivity index (χ4n) is 1.72. The Morgan fingerprint density at radius 1 is 1.18 bits per heavy atom. The molecule has 0 aliphatic heterocycles. The molecule has 0 saturated carbocycles. The molecule has 0 radical (unpaired) electrons. The van der Waals surface area contributed by atoms with E-state index in [0.717, 1.165) is 25.0 Å². The molecule has 5 heteroatoms. The van der Waals surface area contributed by atoms with Gasteiger partial charge in [0.2, 0.25) is 0 Å². The summed E-state index contributed by atoms with van der Waals surface area (Å²) in [6, 6.07) is 7.29. The van der Waals surface area contributed by atoms with Crippen molar-refractivity contribution in [3.63, 3.8) is 0 Å². The minimum Gasteiger partial charge on any atom is -0.267 e. The van der Waals surface area contributed by atoms with E-state index in [0.29, 0.717) is 17.4 Å². The van der Waals surface area contributed by atoms with Crippen LogP contribution in [-0.4, -0.2) is 20.7 Å². The van der Waals surface area contributed by atoms with Crippen molar-refractivity contribution < 1.29 is 0 Å². The van der Waals surface area contributed by atoms with Crippen molar-refractivity contribution in [1.82, 2.24) is 15.0 Å². The van der Waals surface area contributed by atoms with Gasteiger partial charge >= 0.3 is 0 Å². The van der Waals surface area contributed by atoms with Crippen LogP contribution in [0, 0.1) is 0 Å². The smallest absolute Gasteiger partial charge is 0.267 e. The Balaban J connectivity index is 2.18. The summed E-state index contributed by atoms with van der Waals surface area (Å²) in [6.07, 6.45) is 3.07. The molecule has 0 atom stereocenters. The Bertz CT molecular complexity index is 553. The first kappa shape index (κ1) is 12.1. The lowest BCUT2D eigenvalue weighted by molar-refractivity contribution is 0.510. The highest BCUT2D eigenvalue weighted by Gasteiger charge is 2.03. The van der Waals surface area contributed by atoms with E-state index in [2.05, 4.69) is 22.9 Å². The number of fused-ring (bicyclic) bond motifs is 1. The fourth-order valence-corrected chi connectivity index (χ4v) is 1.94. The monoisotopic (exact) mass is 249 g/mol. The number of unbranched alkanes of at least 4 members (excludes halogenated alkanes) is 2. The minimum absolute atomic E-state index is 0.0542. The Morgan fingerprint density at radius 3 is 2.82 bits per heavy atom. The normalized spacial score (nSPS) is 10.9. The third-order valence-corrected chi connectivity index (χ3v) is 2.97. The van der Waals surface area contributed by atoms with Crippen LogP contribution in [0.15, 0.2) is 29.1 Å². The molecule has 4 nitrogen and oxygen atoms in total. The zero-order valence-electron chi connectivity index (χ0n) is 9.54. The number of hydrogen-bond acceptors (Lipinski definition) is 4. The van der Waals surface area contributed by atoms with Gasteiger partial charge in [-0.05, 0) is 30.7 Å². The predicted octanol–water partition coefficient (Wildman–Crippen LogP) is 1.89. The third-order valence-electron chi connectivity index (χ3n) is 2.66. The van der Waals surface area contributed by atoms with Crippen molar-refractivity contribution in [2.24, 2.45) is 0 Å². The van der Waals surface area contributed by atoms with Crippen molar-refractivity contribution in [1.29, 1.82) is 0 Å². The molecule has 0 amide bonds. The minimum atomic E-state index is -0.0542. The van der Waals surface area contributed by atoms with Gasteiger partial charge in [-0.25, -0.2) is 4.68 Å². The second-order valence-corrected chi connectivity index (χ2v) is 4.37. The molecule has 0 bridgehead atoms. The van der Waals surface area contributed by atoms with Gasteiger partial charge in [-0.3, -0.25) is 4.79 Å². The second kappa shape index (κ2) is 5.82. The number of benzene rings is 1. The van der Waals surface area contributed by atoms with Crippen molar-refractivity contribution in [3.05, 3.63) is 34.6 Å². The standard InChI is InChI=1S/C12H15N3OS/c16-12-10-6-2-3-7-11(10)13-14-15(12)8-4-1-5-9-17/h2-3,6-7,17H,1,4-5,8-9H2. The number of aromatic nitrogens is 3. The van der Waals surface area contributed by atoms with Crippen LogP contribution in [0.2, 0.25) is 0 Å². The summed E-state index contributed by atoms with van der Waals surface area (Å²) in [5.74, 6) is 0.887. The number of thiol groups is 1. The SMILES string of the molecule is O=c1c2ccccc2nnn1CCCCCS. The van der Waals surface area contributed by atoms with Gasteiger partial charge in [-0.1, -0.05) is 23.8 Å². The zero-order chi connectivity index (χ0) is 12.1. The quantitative estimate of drug-likeness (QED) is 0.650. The van der Waals surface area contributed by atoms with E-state index >= 15 is 0 Å². The highest BCUT2D eigenvalue weighted by molar-refractivity contribution is 7.80. The van der Waals surface area contributed by atoms with Crippen molar-refractivity contribution in [3.8, 4) is 0 Å². The average Bonchev–Trinajstić information content (AvgIpc) is 2.37. The first-order valence-corrected chi connectivity index (χ1v) is 6.39. The van der Waals surface area contributed by atoms with E-state index in [1.807, 2.05) is 12.1 Å². The van der Waals surface area contributed by atoms with Crippen LogP contribution in [0.1, 0.15) is 19.3 Å². The second-order valence-electron chi connectivity index (χ2n) is 3.92. The van der Waals surface area contributed by atoms with Crippen molar-refractivity contribution in [2.75, 3.05) is 5.75 Å². The predicted molar refractivity (Wildman–Crippen MR) is 71.5 cm³/mol. The van der Waals surface area contributed by atoms with Gasteiger partial charge in [0.15, 0.2) is 0 Å². The summed E-state index contributed by atoms with van der Waals surface area (Å²) in [5.41, 5.74) is 0.602. The highest BCUT2D eigenvalue weighted by atomic mass is 32.1. The first-order chi connectivity index (χ1) is 8.33. The van der Waals surface area contributed by atoms with Crippen LogP contribution in [0.25, 0.3) is 10.9 Å². The van der Waals surface area contributed by atoms with Crippen LogP contribution >= 0.6 is 12.6 Å². The van der Waals surface area contributed by atoms with Gasteiger partial charge < -0.3 is 0 Å². The summed E-state index contributed by atoms with van der Waals surface area (Å²) in [4.78, 5) is 12.0. The van der Waals surface area contributed by atoms with Gasteiger partial charge in [-0.15, -0.1) is 5.10 Å². The molecule has 2 aromatic rings. The van der Waals surface area contributed by atoms with Gasteiger partial charge in [0, 0.05) is 6.54 Å². The number of nitrogens with zero attached hydrogens (tertiary/aromatic N) is 3. The zero-order valence-corrected chi connectivity index (χ0v) is 10.4. The Hall–Kier alpha value is -1.36. The molecule has 0 aliphatic rings. The maximum absolute atomic E-state index is 12.0. The third kappa shape index (κ3) is 2.85. The van der Waals surface area contributed by atoms with Crippen LogP contribution in [0.5, 0.6) is 0 Å². The fraction of sp³-hybridized carbons (Fsp3) is 0.417. The van der Waals surface area contributed by atoms with Crippen molar-refractivity contribution in [2.45, 2.75) is 25.8 Å². The maximum Gasteiger partial charge on any atom is 0.277 e. The number of hydrogen-bond donors (Lipinski definition) is 1. The molecule has 0 saturated heterocycles. The molecule has 0 aliphatic carbocycles. The number of rotatable bonds is 5. The molecule has 0 fully saturated rings. The van der Waals surface area contributed by atoms with Crippen LogP contribution in [0.4, 0.5) is 0 Å². The molecule has 17 heavy (non-hydrogen) atoms. The lowest BCUT2D eigenvalue weighted by Crippen LogP contribution is -2.24. The van der Waals surface area contributed by atoms with Gasteiger partial charge in [0.05, 0.1) is 5.39 Å². The Kier molecular flexibility index (Phi) is 4.14. The van der Waals surface area contributed by atoms with Crippen LogP contribution in [-0.2, 0) is 6.54 Å². The Morgan fingerprint density at radius 2 is 2.00 bits per heavy atom. The van der Waals surface area contributed by atoms with Crippen LogP contribution in [0.3, 0.4) is 0 Å². The van der Waals surface area contributed by atoms with E-state index < -0.39 is 0 Å². The van der Waals surface area contributed by atoms with Crippen LogP contribution < -0.4 is 5.56 Å². The van der Waals surface area contributed by atoms with Gasteiger partial charge in [0.25, 0.3) is 5.56 Å². The van der Waals surface area contributed by atoms with E-state index in [1.54, 1.807) is 12.1 Å². The van der Waals surface area contributed by atoms with E-state index in [4.69, 9.17) is 0 Å². The molecule has 0 N–H and O–H groups in total. The maximum atomic E-state index is 12.0. The summed E-state index contributed by atoms with van der Waals surface area (Å²) < 4.78 is 1.45. The topological polar surface area (TPSA) is 47.8 Å². The van der Waals surface area contributed by atoms with Gasteiger partial charge in [-0.2, -0.15) is 12.6 Å². The first-order valence-electron chi connectivity index (χ1n) is 5.76. The van der Waals surface area contributed by atoms with E-state index in [-0.39, 0.29) is 5.56 Å². The summed E-state index contributed by atoms with van der Waals surface area (Å²) >= 11 is 4.15. The van der Waals surface area contributed by atoms with E-state index in [9.17, 15) is 4.79 Å². The highest BCUT2D eigenvalue weighted by Crippen LogP contribution is 2.04. The molecule has 2 rings (SSSR count). The molecule has 1 heterocycles. The molecule has 0 unspecified atom stereocenters. The molecule has 90 valence electrons. The molecule has 1 aromatic heterocycles. The Labute approximate surface area is 105 Å². The molecular formula is C12H15N3OS.